The maximum absolute atomic E-state index is 12.1. The molecule has 1 aromatic heterocycles. The SMILES string of the molecule is CCC1(CNC(=O)c2ccc(C(=O)O)c(C)n2)CCC1. The molecule has 2 rings (SSSR count). The van der Waals surface area contributed by atoms with Crippen molar-refractivity contribution < 1.29 is 14.7 Å². The van der Waals surface area contributed by atoms with Gasteiger partial charge >= 0.3 is 5.97 Å². The Hall–Kier alpha value is -1.91. The molecule has 1 aliphatic rings. The Morgan fingerprint density at radius 3 is 2.55 bits per heavy atom. The van der Waals surface area contributed by atoms with E-state index < -0.39 is 5.97 Å². The summed E-state index contributed by atoms with van der Waals surface area (Å²) in [7, 11) is 0. The molecule has 0 bridgehead atoms. The summed E-state index contributed by atoms with van der Waals surface area (Å²) in [4.78, 5) is 27.0. The Balaban J connectivity index is 2.02. The summed E-state index contributed by atoms with van der Waals surface area (Å²) < 4.78 is 0. The topological polar surface area (TPSA) is 79.3 Å². The molecular weight excluding hydrogens is 256 g/mol. The maximum atomic E-state index is 12.1. The van der Waals surface area contributed by atoms with Crippen molar-refractivity contribution in [1.29, 1.82) is 0 Å². The molecule has 1 heterocycles. The van der Waals surface area contributed by atoms with E-state index in [0.29, 0.717) is 12.2 Å². The average Bonchev–Trinajstić information content (AvgIpc) is 2.37. The number of rotatable bonds is 5. The van der Waals surface area contributed by atoms with E-state index >= 15 is 0 Å². The van der Waals surface area contributed by atoms with E-state index in [1.165, 1.54) is 18.6 Å². The number of aromatic carboxylic acids is 1. The molecule has 2 N–H and O–H groups in total. The molecule has 0 saturated heterocycles. The van der Waals surface area contributed by atoms with E-state index in [2.05, 4.69) is 17.2 Å². The van der Waals surface area contributed by atoms with Crippen LogP contribution in [0.15, 0.2) is 12.1 Å². The minimum absolute atomic E-state index is 0.130. The van der Waals surface area contributed by atoms with Gasteiger partial charge in [-0.3, -0.25) is 4.79 Å². The zero-order valence-corrected chi connectivity index (χ0v) is 11.9. The standard InChI is InChI=1S/C15H20N2O3/c1-3-15(7-4-8-15)9-16-13(18)12-6-5-11(14(19)20)10(2)17-12/h5-6H,3-4,7-9H2,1-2H3,(H,16,18)(H,19,20). The lowest BCUT2D eigenvalue weighted by Crippen LogP contribution is -2.41. The molecule has 1 aliphatic carbocycles. The van der Waals surface area contributed by atoms with Gasteiger partial charge in [-0.2, -0.15) is 0 Å². The van der Waals surface area contributed by atoms with E-state index in [0.717, 1.165) is 19.3 Å². The van der Waals surface area contributed by atoms with Crippen molar-refractivity contribution in [2.45, 2.75) is 39.5 Å². The van der Waals surface area contributed by atoms with Gasteiger partial charge in [0.15, 0.2) is 0 Å². The summed E-state index contributed by atoms with van der Waals surface area (Å²) in [6.07, 6.45) is 4.62. The monoisotopic (exact) mass is 276 g/mol. The van der Waals surface area contributed by atoms with Gasteiger partial charge in [0.25, 0.3) is 5.91 Å². The number of hydrogen-bond acceptors (Lipinski definition) is 3. The highest BCUT2D eigenvalue weighted by Crippen LogP contribution is 2.43. The Kier molecular flexibility index (Phi) is 4.06. The molecule has 5 nitrogen and oxygen atoms in total. The molecule has 0 aliphatic heterocycles. The number of carboxylic acid groups (broad SMARTS) is 1. The Bertz CT molecular complexity index is 530. The van der Waals surface area contributed by atoms with E-state index in [4.69, 9.17) is 5.11 Å². The number of pyridine rings is 1. The van der Waals surface area contributed by atoms with Crippen molar-refractivity contribution in [3.8, 4) is 0 Å². The first kappa shape index (κ1) is 14.5. The minimum Gasteiger partial charge on any atom is -0.478 e. The number of nitrogens with zero attached hydrogens (tertiary/aromatic N) is 1. The summed E-state index contributed by atoms with van der Waals surface area (Å²) in [6.45, 7) is 4.42. The fraction of sp³-hybridized carbons (Fsp3) is 0.533. The fourth-order valence-electron chi connectivity index (χ4n) is 2.60. The van der Waals surface area contributed by atoms with Gasteiger partial charge in [0.1, 0.15) is 5.69 Å². The molecule has 1 amide bonds. The molecule has 0 radical (unpaired) electrons. The number of aryl methyl sites for hydroxylation is 1. The van der Waals surface area contributed by atoms with Crippen LogP contribution in [0.3, 0.4) is 0 Å². The number of carbonyl (C=O) groups excluding carboxylic acids is 1. The van der Waals surface area contributed by atoms with Crippen LogP contribution in [-0.2, 0) is 0 Å². The zero-order valence-electron chi connectivity index (χ0n) is 11.9. The third kappa shape index (κ3) is 2.81. The Morgan fingerprint density at radius 1 is 1.40 bits per heavy atom. The largest absolute Gasteiger partial charge is 0.478 e. The smallest absolute Gasteiger partial charge is 0.337 e. The van der Waals surface area contributed by atoms with Crippen LogP contribution in [-0.4, -0.2) is 28.5 Å². The van der Waals surface area contributed by atoms with Gasteiger partial charge in [0, 0.05) is 6.54 Å². The quantitative estimate of drug-likeness (QED) is 0.865. The second-order valence-corrected chi connectivity index (χ2v) is 5.52. The predicted molar refractivity (Wildman–Crippen MR) is 74.8 cm³/mol. The van der Waals surface area contributed by atoms with E-state index in [9.17, 15) is 9.59 Å². The van der Waals surface area contributed by atoms with Gasteiger partial charge in [-0.25, -0.2) is 9.78 Å². The Labute approximate surface area is 118 Å². The van der Waals surface area contributed by atoms with Gasteiger partial charge in [-0.1, -0.05) is 13.3 Å². The van der Waals surface area contributed by atoms with E-state index in [1.807, 2.05) is 0 Å². The summed E-state index contributed by atoms with van der Waals surface area (Å²) >= 11 is 0. The Morgan fingerprint density at radius 2 is 2.10 bits per heavy atom. The van der Waals surface area contributed by atoms with Gasteiger partial charge in [0.2, 0.25) is 0 Å². The lowest BCUT2D eigenvalue weighted by Gasteiger charge is -2.41. The van der Waals surface area contributed by atoms with Crippen molar-refractivity contribution in [3.63, 3.8) is 0 Å². The minimum atomic E-state index is -1.03. The molecule has 5 heteroatoms. The normalized spacial score (nSPS) is 16.3. The molecule has 1 aromatic rings. The highest BCUT2D eigenvalue weighted by Gasteiger charge is 2.35. The number of nitrogens with one attached hydrogen (secondary N) is 1. The number of amides is 1. The van der Waals surface area contributed by atoms with Crippen LogP contribution < -0.4 is 5.32 Å². The number of carboxylic acids is 1. The molecule has 20 heavy (non-hydrogen) atoms. The van der Waals surface area contributed by atoms with Crippen LogP contribution in [0.4, 0.5) is 0 Å². The maximum Gasteiger partial charge on any atom is 0.337 e. The lowest BCUT2D eigenvalue weighted by atomic mass is 9.67. The van der Waals surface area contributed by atoms with Crippen molar-refractivity contribution in [3.05, 3.63) is 29.1 Å². The number of hydrogen-bond donors (Lipinski definition) is 2. The van der Waals surface area contributed by atoms with Crippen LogP contribution in [0.1, 0.15) is 59.1 Å². The molecule has 0 aromatic carbocycles. The van der Waals surface area contributed by atoms with Gasteiger partial charge in [0.05, 0.1) is 11.3 Å². The van der Waals surface area contributed by atoms with Gasteiger partial charge in [-0.05, 0) is 43.7 Å². The first-order valence-corrected chi connectivity index (χ1v) is 6.96. The molecule has 1 fully saturated rings. The average molecular weight is 276 g/mol. The number of aromatic nitrogens is 1. The van der Waals surface area contributed by atoms with Crippen LogP contribution in [0.25, 0.3) is 0 Å². The summed E-state index contributed by atoms with van der Waals surface area (Å²) in [5.41, 5.74) is 1.02. The van der Waals surface area contributed by atoms with Crippen LogP contribution in [0, 0.1) is 12.3 Å². The van der Waals surface area contributed by atoms with Crippen LogP contribution >= 0.6 is 0 Å². The van der Waals surface area contributed by atoms with Crippen molar-refractivity contribution in [2.75, 3.05) is 6.54 Å². The predicted octanol–water partition coefficient (Wildman–Crippen LogP) is 2.40. The summed E-state index contributed by atoms with van der Waals surface area (Å²) in [6, 6.07) is 2.89. The van der Waals surface area contributed by atoms with Gasteiger partial charge < -0.3 is 10.4 Å². The molecule has 0 atom stereocenters. The van der Waals surface area contributed by atoms with Crippen LogP contribution in [0.2, 0.25) is 0 Å². The fourth-order valence-corrected chi connectivity index (χ4v) is 2.60. The molecule has 108 valence electrons. The van der Waals surface area contributed by atoms with Gasteiger partial charge in [-0.15, -0.1) is 0 Å². The third-order valence-corrected chi connectivity index (χ3v) is 4.34. The first-order valence-electron chi connectivity index (χ1n) is 6.96. The van der Waals surface area contributed by atoms with Crippen molar-refractivity contribution >= 4 is 11.9 Å². The first-order chi connectivity index (χ1) is 9.47. The molecule has 0 unspecified atom stereocenters. The van der Waals surface area contributed by atoms with E-state index in [1.54, 1.807) is 6.92 Å². The molecule has 1 saturated carbocycles. The summed E-state index contributed by atoms with van der Waals surface area (Å²) in [5, 5.41) is 11.9. The van der Waals surface area contributed by atoms with E-state index in [-0.39, 0.29) is 22.6 Å². The second kappa shape index (κ2) is 5.61. The number of carbonyl (C=O) groups is 2. The second-order valence-electron chi connectivity index (χ2n) is 5.52. The van der Waals surface area contributed by atoms with Crippen molar-refractivity contribution in [2.24, 2.45) is 5.41 Å². The van der Waals surface area contributed by atoms with Crippen LogP contribution in [0.5, 0.6) is 0 Å². The highest BCUT2D eigenvalue weighted by molar-refractivity contribution is 5.94. The lowest BCUT2D eigenvalue weighted by molar-refractivity contribution is 0.0694. The van der Waals surface area contributed by atoms with Crippen molar-refractivity contribution in [1.82, 2.24) is 10.3 Å². The summed E-state index contributed by atoms with van der Waals surface area (Å²) in [5.74, 6) is -1.26. The zero-order chi connectivity index (χ0) is 14.8. The third-order valence-electron chi connectivity index (χ3n) is 4.34. The highest BCUT2D eigenvalue weighted by atomic mass is 16.4. The molecular formula is C15H20N2O3. The molecule has 0 spiro atoms.